The third-order valence-electron chi connectivity index (χ3n) is 5.63. The van der Waals surface area contributed by atoms with E-state index in [0.717, 1.165) is 11.1 Å². The first kappa shape index (κ1) is 23.6. The summed E-state index contributed by atoms with van der Waals surface area (Å²) in [5.74, 6) is 0.987. The minimum Gasteiger partial charge on any atom is -0.493 e. The number of halogens is 1. The number of benzene rings is 2. The highest BCUT2D eigenvalue weighted by Gasteiger charge is 2.37. The monoisotopic (exact) mass is 484 g/mol. The van der Waals surface area contributed by atoms with Gasteiger partial charge in [-0.2, -0.15) is 5.10 Å². The third kappa shape index (κ3) is 4.44. The summed E-state index contributed by atoms with van der Waals surface area (Å²) in [5, 5.41) is 10.8. The van der Waals surface area contributed by atoms with Crippen molar-refractivity contribution >= 4 is 34.9 Å². The molecule has 3 aromatic rings. The minimum atomic E-state index is -0.806. The lowest BCUT2D eigenvalue weighted by molar-refractivity contribution is -0.123. The minimum absolute atomic E-state index is 0.0930. The van der Waals surface area contributed by atoms with Gasteiger partial charge in [0, 0.05) is 17.8 Å². The van der Waals surface area contributed by atoms with Crippen molar-refractivity contribution < 1.29 is 23.8 Å². The number of amides is 2. The van der Waals surface area contributed by atoms with Crippen molar-refractivity contribution in [1.82, 2.24) is 9.78 Å². The van der Waals surface area contributed by atoms with Gasteiger partial charge in [0.15, 0.2) is 11.5 Å². The Bertz CT molecular complexity index is 1260. The Morgan fingerprint density at radius 1 is 1.15 bits per heavy atom. The molecule has 2 aromatic carbocycles. The number of hydrogen-bond acceptors (Lipinski definition) is 6. The number of methoxy groups -OCH3 is 3. The van der Waals surface area contributed by atoms with Crippen molar-refractivity contribution in [3.63, 3.8) is 0 Å². The number of hydrogen-bond donors (Lipinski definition) is 2. The first-order valence-corrected chi connectivity index (χ1v) is 10.9. The van der Waals surface area contributed by atoms with Gasteiger partial charge in [0.1, 0.15) is 11.9 Å². The lowest BCUT2D eigenvalue weighted by Crippen LogP contribution is -2.24. The maximum absolute atomic E-state index is 12.8. The zero-order valence-electron chi connectivity index (χ0n) is 19.3. The number of aryl methyl sites for hydroxylation is 1. The van der Waals surface area contributed by atoms with Gasteiger partial charge in [0.2, 0.25) is 5.91 Å². The number of rotatable bonds is 8. The van der Waals surface area contributed by atoms with Crippen molar-refractivity contribution in [3.8, 4) is 22.6 Å². The predicted octanol–water partition coefficient (Wildman–Crippen LogP) is 4.20. The first-order chi connectivity index (χ1) is 16.4. The molecule has 2 heterocycles. The highest BCUT2D eigenvalue weighted by molar-refractivity contribution is 6.31. The van der Waals surface area contributed by atoms with Gasteiger partial charge in [-0.25, -0.2) is 4.68 Å². The van der Waals surface area contributed by atoms with Crippen LogP contribution in [0, 0.1) is 6.92 Å². The Morgan fingerprint density at radius 3 is 2.62 bits per heavy atom. The van der Waals surface area contributed by atoms with Gasteiger partial charge < -0.3 is 24.8 Å². The molecule has 1 aliphatic rings. The molecule has 1 atom stereocenters. The van der Waals surface area contributed by atoms with Crippen LogP contribution >= 0.6 is 11.6 Å². The lowest BCUT2D eigenvalue weighted by atomic mass is 10.0. The second-order valence-electron chi connectivity index (χ2n) is 7.83. The fourth-order valence-electron chi connectivity index (χ4n) is 3.96. The molecule has 0 saturated carbocycles. The molecule has 10 heteroatoms. The van der Waals surface area contributed by atoms with E-state index in [9.17, 15) is 9.59 Å². The van der Waals surface area contributed by atoms with Crippen LogP contribution in [0.3, 0.4) is 0 Å². The zero-order chi connectivity index (χ0) is 24.4. The molecule has 1 aromatic heterocycles. The van der Waals surface area contributed by atoms with E-state index in [4.69, 9.17) is 25.8 Å². The van der Waals surface area contributed by atoms with Crippen LogP contribution < -0.4 is 20.1 Å². The molecule has 1 unspecified atom stereocenters. The Morgan fingerprint density at radius 2 is 1.91 bits per heavy atom. The highest BCUT2D eigenvalue weighted by atomic mass is 35.5. The number of anilines is 2. The lowest BCUT2D eigenvalue weighted by Gasteiger charge is -2.12. The maximum atomic E-state index is 12.8. The van der Waals surface area contributed by atoms with E-state index < -0.39 is 6.04 Å². The van der Waals surface area contributed by atoms with E-state index >= 15 is 0 Å². The van der Waals surface area contributed by atoms with E-state index in [1.165, 1.54) is 0 Å². The average molecular weight is 485 g/mol. The standard InChI is InChI=1S/C24H25ClN4O5/c1-13-5-7-15(25)10-16(13)26-21(30)11-18-24(31)27-23-22(17(12-32-2)28-29(18)23)14-6-8-19(33-3)20(9-14)34-4/h5-10,18H,11-12H2,1-4H3,(H,26,30)(H,27,31). The van der Waals surface area contributed by atoms with E-state index in [0.29, 0.717) is 39.3 Å². The summed E-state index contributed by atoms with van der Waals surface area (Å²) in [4.78, 5) is 25.6. The van der Waals surface area contributed by atoms with Crippen molar-refractivity contribution in [2.45, 2.75) is 26.0 Å². The normalized spacial score (nSPS) is 14.5. The molecule has 1 aliphatic heterocycles. The molecular weight excluding hydrogens is 460 g/mol. The van der Waals surface area contributed by atoms with Gasteiger partial charge >= 0.3 is 0 Å². The quantitative estimate of drug-likeness (QED) is 0.496. The second kappa shape index (κ2) is 9.74. The van der Waals surface area contributed by atoms with Crippen LogP contribution in [0.15, 0.2) is 36.4 Å². The molecule has 2 N–H and O–H groups in total. The number of nitrogens with zero attached hydrogens (tertiary/aromatic N) is 2. The predicted molar refractivity (Wildman–Crippen MR) is 129 cm³/mol. The van der Waals surface area contributed by atoms with Gasteiger partial charge in [0.05, 0.1) is 38.5 Å². The summed E-state index contributed by atoms with van der Waals surface area (Å²) in [5.41, 5.74) is 3.56. The molecule has 0 saturated heterocycles. The number of ether oxygens (including phenoxy) is 3. The smallest absolute Gasteiger partial charge is 0.251 e. The largest absolute Gasteiger partial charge is 0.493 e. The van der Waals surface area contributed by atoms with Gasteiger partial charge in [-0.15, -0.1) is 0 Å². The van der Waals surface area contributed by atoms with Crippen molar-refractivity contribution in [3.05, 3.63) is 52.7 Å². The van der Waals surface area contributed by atoms with Crippen LogP contribution in [0.5, 0.6) is 11.5 Å². The van der Waals surface area contributed by atoms with E-state index in [1.54, 1.807) is 44.2 Å². The maximum Gasteiger partial charge on any atom is 0.251 e. The molecule has 2 amide bonds. The van der Waals surface area contributed by atoms with Crippen LogP contribution in [0.1, 0.15) is 23.7 Å². The van der Waals surface area contributed by atoms with Gasteiger partial charge in [0.25, 0.3) is 5.91 Å². The molecule has 178 valence electrons. The molecule has 0 spiro atoms. The van der Waals surface area contributed by atoms with Crippen LogP contribution in [0.25, 0.3) is 11.1 Å². The second-order valence-corrected chi connectivity index (χ2v) is 8.27. The van der Waals surface area contributed by atoms with Crippen LogP contribution in [-0.2, 0) is 20.9 Å². The number of aromatic nitrogens is 2. The van der Waals surface area contributed by atoms with Crippen molar-refractivity contribution in [2.75, 3.05) is 32.0 Å². The summed E-state index contributed by atoms with van der Waals surface area (Å²) in [6.45, 7) is 2.09. The molecular formula is C24H25ClN4O5. The summed E-state index contributed by atoms with van der Waals surface area (Å²) in [7, 11) is 4.68. The topological polar surface area (TPSA) is 104 Å². The summed E-state index contributed by atoms with van der Waals surface area (Å²) < 4.78 is 17.6. The molecule has 0 fully saturated rings. The fraction of sp³-hybridized carbons (Fsp3) is 0.292. The molecule has 4 rings (SSSR count). The Balaban J connectivity index is 1.66. The van der Waals surface area contributed by atoms with Crippen molar-refractivity contribution in [2.24, 2.45) is 0 Å². The van der Waals surface area contributed by atoms with Gasteiger partial charge in [-0.3, -0.25) is 9.59 Å². The Labute approximate surface area is 201 Å². The number of carbonyl (C=O) groups is 2. The van der Waals surface area contributed by atoms with E-state index in [-0.39, 0.29) is 24.8 Å². The van der Waals surface area contributed by atoms with Crippen LogP contribution in [-0.4, -0.2) is 42.9 Å². The van der Waals surface area contributed by atoms with E-state index in [2.05, 4.69) is 15.7 Å². The third-order valence-corrected chi connectivity index (χ3v) is 5.86. The number of fused-ring (bicyclic) bond motifs is 1. The Hall–Kier alpha value is -3.56. The molecule has 34 heavy (non-hydrogen) atoms. The zero-order valence-corrected chi connectivity index (χ0v) is 20.0. The van der Waals surface area contributed by atoms with Crippen molar-refractivity contribution in [1.29, 1.82) is 0 Å². The van der Waals surface area contributed by atoms with Crippen LogP contribution in [0.2, 0.25) is 5.02 Å². The molecule has 0 radical (unpaired) electrons. The summed E-state index contributed by atoms with van der Waals surface area (Å²) >= 11 is 6.05. The summed E-state index contributed by atoms with van der Waals surface area (Å²) in [6.07, 6.45) is -0.0930. The average Bonchev–Trinajstić information content (AvgIpc) is 3.30. The fourth-order valence-corrected chi connectivity index (χ4v) is 4.13. The van der Waals surface area contributed by atoms with E-state index in [1.807, 2.05) is 25.1 Å². The molecule has 0 bridgehead atoms. The summed E-state index contributed by atoms with van der Waals surface area (Å²) in [6, 6.07) is 9.88. The SMILES string of the molecule is COCc1nn2c(c1-c1ccc(OC)c(OC)c1)NC(=O)C2CC(=O)Nc1cc(Cl)ccc1C. The first-order valence-electron chi connectivity index (χ1n) is 10.6. The number of carbonyl (C=O) groups excluding carboxylic acids is 2. The molecule has 9 nitrogen and oxygen atoms in total. The number of nitrogens with one attached hydrogen (secondary N) is 2. The van der Waals surface area contributed by atoms with Crippen LogP contribution in [0.4, 0.5) is 11.5 Å². The van der Waals surface area contributed by atoms with Gasteiger partial charge in [-0.05, 0) is 42.3 Å². The van der Waals surface area contributed by atoms with Gasteiger partial charge in [-0.1, -0.05) is 23.7 Å². The highest BCUT2D eigenvalue weighted by Crippen LogP contribution is 2.41. The molecule has 0 aliphatic carbocycles. The Kier molecular flexibility index (Phi) is 6.76.